The summed E-state index contributed by atoms with van der Waals surface area (Å²) in [4.78, 5) is 28.0. The molecule has 0 saturated carbocycles. The Labute approximate surface area is 185 Å². The fourth-order valence-electron chi connectivity index (χ4n) is 3.62. The molecule has 5 heteroatoms. The van der Waals surface area contributed by atoms with E-state index in [1.165, 1.54) is 4.90 Å². The van der Waals surface area contributed by atoms with E-state index >= 15 is 0 Å². The Hall–Kier alpha value is -2.92. The van der Waals surface area contributed by atoms with Crippen molar-refractivity contribution < 1.29 is 14.3 Å². The summed E-state index contributed by atoms with van der Waals surface area (Å²) < 4.78 is 5.59. The predicted octanol–water partition coefficient (Wildman–Crippen LogP) is 4.93. The number of hydrogen-bond donors (Lipinski definition) is 1. The van der Waals surface area contributed by atoms with Crippen molar-refractivity contribution in [2.24, 2.45) is 0 Å². The van der Waals surface area contributed by atoms with E-state index < -0.39 is 0 Å². The molecule has 2 amide bonds. The van der Waals surface area contributed by atoms with Crippen LogP contribution in [0.1, 0.15) is 48.1 Å². The highest BCUT2D eigenvalue weighted by Gasteiger charge is 2.39. The van der Waals surface area contributed by atoms with Crippen LogP contribution in [0.25, 0.3) is 5.57 Å². The van der Waals surface area contributed by atoms with Gasteiger partial charge in [0.1, 0.15) is 5.70 Å². The SMILES string of the molecule is Cc1ccc(C2=C(Nc3cccc(C)c3C)C(=O)N(CCCOC(C)C)C2=O)cc1C. The molecule has 0 saturated heterocycles. The number of amides is 2. The number of carbonyl (C=O) groups excluding carboxylic acids is 2. The maximum atomic E-state index is 13.4. The minimum atomic E-state index is -0.288. The van der Waals surface area contributed by atoms with Crippen LogP contribution in [0.3, 0.4) is 0 Å². The molecule has 0 bridgehead atoms. The van der Waals surface area contributed by atoms with Crippen molar-refractivity contribution in [2.45, 2.75) is 54.1 Å². The van der Waals surface area contributed by atoms with Gasteiger partial charge in [0.05, 0.1) is 11.7 Å². The molecule has 5 nitrogen and oxygen atoms in total. The lowest BCUT2D eigenvalue weighted by molar-refractivity contribution is -0.137. The van der Waals surface area contributed by atoms with Gasteiger partial charge in [-0.1, -0.05) is 30.3 Å². The molecule has 0 aliphatic carbocycles. The molecule has 0 radical (unpaired) electrons. The zero-order valence-electron chi connectivity index (χ0n) is 19.3. The lowest BCUT2D eigenvalue weighted by Gasteiger charge is -2.16. The summed E-state index contributed by atoms with van der Waals surface area (Å²) in [6.07, 6.45) is 0.725. The van der Waals surface area contributed by atoms with Crippen LogP contribution in [0.2, 0.25) is 0 Å². The van der Waals surface area contributed by atoms with Crippen LogP contribution < -0.4 is 5.32 Å². The second-order valence-corrected chi connectivity index (χ2v) is 8.46. The largest absolute Gasteiger partial charge is 0.379 e. The molecular weight excluding hydrogens is 388 g/mol. The Morgan fingerprint density at radius 3 is 2.35 bits per heavy atom. The third kappa shape index (κ3) is 4.88. The van der Waals surface area contributed by atoms with Gasteiger partial charge in [0.2, 0.25) is 0 Å². The van der Waals surface area contributed by atoms with Crippen molar-refractivity contribution in [3.63, 3.8) is 0 Å². The van der Waals surface area contributed by atoms with Gasteiger partial charge < -0.3 is 10.1 Å². The van der Waals surface area contributed by atoms with E-state index in [1.807, 2.05) is 77.9 Å². The molecule has 1 aliphatic rings. The van der Waals surface area contributed by atoms with Crippen molar-refractivity contribution >= 4 is 23.1 Å². The monoisotopic (exact) mass is 420 g/mol. The van der Waals surface area contributed by atoms with Crippen LogP contribution in [-0.4, -0.2) is 36.0 Å². The second-order valence-electron chi connectivity index (χ2n) is 8.46. The third-order valence-electron chi connectivity index (χ3n) is 5.81. The molecule has 0 fully saturated rings. The van der Waals surface area contributed by atoms with Crippen LogP contribution in [-0.2, 0) is 14.3 Å². The smallest absolute Gasteiger partial charge is 0.278 e. The standard InChI is InChI=1S/C26H32N2O3/c1-16(2)31-14-8-13-28-25(29)23(21-12-11-17(3)19(5)15-21)24(26(28)30)27-22-10-7-9-18(4)20(22)6/h7,9-12,15-16,27H,8,13-14H2,1-6H3. The molecule has 0 atom stereocenters. The number of nitrogens with one attached hydrogen (secondary N) is 1. The maximum absolute atomic E-state index is 13.4. The van der Waals surface area contributed by atoms with E-state index in [9.17, 15) is 9.59 Å². The Morgan fingerprint density at radius 1 is 0.935 bits per heavy atom. The molecule has 3 rings (SSSR count). The van der Waals surface area contributed by atoms with Crippen LogP contribution in [0.4, 0.5) is 5.69 Å². The van der Waals surface area contributed by atoms with Crippen molar-refractivity contribution in [1.82, 2.24) is 4.90 Å². The number of carbonyl (C=O) groups is 2. The molecule has 0 aromatic heterocycles. The average Bonchev–Trinajstić information content (AvgIpc) is 2.94. The molecule has 31 heavy (non-hydrogen) atoms. The molecule has 1 aliphatic heterocycles. The Balaban J connectivity index is 1.98. The van der Waals surface area contributed by atoms with Gasteiger partial charge in [-0.2, -0.15) is 0 Å². The summed E-state index contributed by atoms with van der Waals surface area (Å²) in [5.74, 6) is -0.547. The third-order valence-corrected chi connectivity index (χ3v) is 5.81. The number of anilines is 1. The predicted molar refractivity (Wildman–Crippen MR) is 125 cm³/mol. The fraction of sp³-hybridized carbons (Fsp3) is 0.385. The molecule has 0 unspecified atom stereocenters. The minimum absolute atomic E-state index is 0.121. The Kier molecular flexibility index (Phi) is 6.96. The van der Waals surface area contributed by atoms with Crippen LogP contribution in [0.15, 0.2) is 42.1 Å². The van der Waals surface area contributed by atoms with E-state index in [1.54, 1.807) is 0 Å². The van der Waals surface area contributed by atoms with Gasteiger partial charge in [0, 0.05) is 18.8 Å². The summed E-state index contributed by atoms with van der Waals surface area (Å²) in [5.41, 5.74) is 6.77. The van der Waals surface area contributed by atoms with Gasteiger partial charge in [-0.3, -0.25) is 14.5 Å². The topological polar surface area (TPSA) is 58.6 Å². The first-order valence-electron chi connectivity index (χ1n) is 10.8. The van der Waals surface area contributed by atoms with Gasteiger partial charge in [-0.05, 0) is 81.8 Å². The molecule has 164 valence electrons. The first-order chi connectivity index (χ1) is 14.7. The number of aryl methyl sites for hydroxylation is 3. The fourth-order valence-corrected chi connectivity index (χ4v) is 3.62. The first kappa shape index (κ1) is 22.8. The van der Waals surface area contributed by atoms with Crippen LogP contribution in [0.5, 0.6) is 0 Å². The lowest BCUT2D eigenvalue weighted by atomic mass is 9.99. The molecule has 2 aromatic rings. The molecule has 0 spiro atoms. The van der Waals surface area contributed by atoms with Crippen molar-refractivity contribution in [3.8, 4) is 0 Å². The summed E-state index contributed by atoms with van der Waals surface area (Å²) in [6.45, 7) is 12.9. The zero-order valence-corrected chi connectivity index (χ0v) is 19.3. The van der Waals surface area contributed by atoms with E-state index in [0.717, 1.165) is 33.5 Å². The number of ether oxygens (including phenoxy) is 1. The maximum Gasteiger partial charge on any atom is 0.278 e. The second kappa shape index (κ2) is 9.48. The van der Waals surface area contributed by atoms with Crippen LogP contribution in [0, 0.1) is 27.7 Å². The van der Waals surface area contributed by atoms with Gasteiger partial charge in [-0.25, -0.2) is 0 Å². The number of benzene rings is 2. The Bertz CT molecular complexity index is 1040. The van der Waals surface area contributed by atoms with Crippen LogP contribution >= 0.6 is 0 Å². The lowest BCUT2D eigenvalue weighted by Crippen LogP contribution is -2.34. The highest BCUT2D eigenvalue weighted by molar-refractivity contribution is 6.36. The van der Waals surface area contributed by atoms with E-state index in [0.29, 0.717) is 30.8 Å². The highest BCUT2D eigenvalue weighted by atomic mass is 16.5. The van der Waals surface area contributed by atoms with Gasteiger partial charge in [0.15, 0.2) is 0 Å². The average molecular weight is 421 g/mol. The minimum Gasteiger partial charge on any atom is -0.379 e. The molecule has 2 aromatic carbocycles. The van der Waals surface area contributed by atoms with Crippen molar-refractivity contribution in [1.29, 1.82) is 0 Å². The quantitative estimate of drug-likeness (QED) is 0.486. The van der Waals surface area contributed by atoms with E-state index in [-0.39, 0.29) is 17.9 Å². The van der Waals surface area contributed by atoms with Gasteiger partial charge in [0.25, 0.3) is 11.8 Å². The number of rotatable bonds is 8. The molecule has 1 N–H and O–H groups in total. The number of hydrogen-bond acceptors (Lipinski definition) is 4. The molecule has 1 heterocycles. The van der Waals surface area contributed by atoms with Crippen molar-refractivity contribution in [3.05, 3.63) is 69.9 Å². The molecular formula is C26H32N2O3. The van der Waals surface area contributed by atoms with Gasteiger partial charge >= 0.3 is 0 Å². The van der Waals surface area contributed by atoms with E-state index in [2.05, 4.69) is 5.32 Å². The van der Waals surface area contributed by atoms with Gasteiger partial charge in [-0.15, -0.1) is 0 Å². The summed E-state index contributed by atoms with van der Waals surface area (Å²) in [5, 5.41) is 3.29. The summed E-state index contributed by atoms with van der Waals surface area (Å²) in [7, 11) is 0. The zero-order chi connectivity index (χ0) is 22.7. The number of imide groups is 1. The summed E-state index contributed by atoms with van der Waals surface area (Å²) in [6, 6.07) is 11.8. The number of nitrogens with zero attached hydrogens (tertiary/aromatic N) is 1. The Morgan fingerprint density at radius 2 is 1.68 bits per heavy atom. The van der Waals surface area contributed by atoms with Crippen molar-refractivity contribution in [2.75, 3.05) is 18.5 Å². The first-order valence-corrected chi connectivity index (χ1v) is 10.8. The normalized spacial score (nSPS) is 14.2. The van der Waals surface area contributed by atoms with E-state index in [4.69, 9.17) is 4.74 Å². The highest BCUT2D eigenvalue weighted by Crippen LogP contribution is 2.32. The summed E-state index contributed by atoms with van der Waals surface area (Å²) >= 11 is 0.